The number of rotatable bonds is 7. The summed E-state index contributed by atoms with van der Waals surface area (Å²) in [5.74, 6) is 0.659. The lowest BCUT2D eigenvalue weighted by atomic mass is 10.0. The van der Waals surface area contributed by atoms with Crippen molar-refractivity contribution in [2.75, 3.05) is 20.1 Å². The monoisotopic (exact) mass is 235 g/mol. The quantitative estimate of drug-likeness (QED) is 0.785. The van der Waals surface area contributed by atoms with Gasteiger partial charge >= 0.3 is 0 Å². The highest BCUT2D eigenvalue weighted by molar-refractivity contribution is 5.09. The van der Waals surface area contributed by atoms with Gasteiger partial charge in [0.05, 0.1) is 0 Å². The third kappa shape index (κ3) is 4.84. The lowest BCUT2D eigenvalue weighted by molar-refractivity contribution is 0.225. The predicted octanol–water partition coefficient (Wildman–Crippen LogP) is 2.15. The van der Waals surface area contributed by atoms with Gasteiger partial charge in [0.25, 0.3) is 0 Å². The van der Waals surface area contributed by atoms with Gasteiger partial charge in [-0.2, -0.15) is 0 Å². The molecule has 0 aliphatic rings. The van der Waals surface area contributed by atoms with E-state index in [0.717, 1.165) is 19.6 Å². The molecule has 1 aromatic heterocycles. The molecule has 3 nitrogen and oxygen atoms in total. The molecule has 0 aliphatic heterocycles. The highest BCUT2D eigenvalue weighted by atomic mass is 15.1. The predicted molar refractivity (Wildman–Crippen MR) is 72.9 cm³/mol. The number of nitrogens with zero attached hydrogens (tertiary/aromatic N) is 2. The van der Waals surface area contributed by atoms with Crippen LogP contribution in [0, 0.1) is 5.92 Å². The molecule has 1 N–H and O–H groups in total. The van der Waals surface area contributed by atoms with Gasteiger partial charge in [0.15, 0.2) is 0 Å². The highest BCUT2D eigenvalue weighted by Crippen LogP contribution is 2.08. The van der Waals surface area contributed by atoms with Crippen molar-refractivity contribution in [2.45, 2.75) is 33.4 Å². The Morgan fingerprint density at radius 1 is 1.29 bits per heavy atom. The van der Waals surface area contributed by atoms with Gasteiger partial charge in [-0.15, -0.1) is 0 Å². The Kier molecular flexibility index (Phi) is 6.16. The Hall–Kier alpha value is -0.930. The Balaban J connectivity index is 2.54. The number of nitrogens with one attached hydrogen (secondary N) is 1. The van der Waals surface area contributed by atoms with Crippen LogP contribution in [-0.4, -0.2) is 36.1 Å². The topological polar surface area (TPSA) is 28.2 Å². The van der Waals surface area contributed by atoms with E-state index in [1.807, 2.05) is 19.4 Å². The van der Waals surface area contributed by atoms with Crippen LogP contribution >= 0.6 is 0 Å². The summed E-state index contributed by atoms with van der Waals surface area (Å²) in [5.41, 5.74) is 1.33. The van der Waals surface area contributed by atoms with E-state index in [1.165, 1.54) is 5.56 Å². The number of hydrogen-bond donors (Lipinski definition) is 1. The normalized spacial score (nSPS) is 13.3. The Morgan fingerprint density at radius 2 is 1.94 bits per heavy atom. The second-order valence-corrected chi connectivity index (χ2v) is 4.82. The van der Waals surface area contributed by atoms with Crippen molar-refractivity contribution in [1.82, 2.24) is 15.2 Å². The third-order valence-corrected chi connectivity index (χ3v) is 3.23. The minimum atomic E-state index is 0.553. The summed E-state index contributed by atoms with van der Waals surface area (Å²) in [4.78, 5) is 6.52. The average Bonchev–Trinajstić information content (AvgIpc) is 2.35. The molecule has 1 rings (SSSR count). The van der Waals surface area contributed by atoms with Crippen LogP contribution in [0.15, 0.2) is 24.5 Å². The summed E-state index contributed by atoms with van der Waals surface area (Å²) >= 11 is 0. The van der Waals surface area contributed by atoms with Crippen LogP contribution in [0.1, 0.15) is 26.3 Å². The van der Waals surface area contributed by atoms with Crippen LogP contribution in [0.25, 0.3) is 0 Å². The Bertz CT molecular complexity index is 298. The maximum atomic E-state index is 4.05. The fraction of sp³-hybridized carbons (Fsp3) is 0.643. The van der Waals surface area contributed by atoms with Crippen molar-refractivity contribution in [3.8, 4) is 0 Å². The van der Waals surface area contributed by atoms with Gasteiger partial charge in [-0.1, -0.05) is 20.8 Å². The molecule has 3 heteroatoms. The van der Waals surface area contributed by atoms with E-state index in [1.54, 1.807) is 0 Å². The van der Waals surface area contributed by atoms with Gasteiger partial charge in [-0.3, -0.25) is 9.88 Å². The minimum absolute atomic E-state index is 0.553. The minimum Gasteiger partial charge on any atom is -0.315 e. The van der Waals surface area contributed by atoms with Crippen LogP contribution < -0.4 is 5.32 Å². The molecule has 1 heterocycles. The third-order valence-electron chi connectivity index (χ3n) is 3.23. The lowest BCUT2D eigenvalue weighted by Crippen LogP contribution is -2.42. The molecule has 1 unspecified atom stereocenters. The fourth-order valence-corrected chi connectivity index (χ4v) is 1.97. The zero-order valence-electron chi connectivity index (χ0n) is 11.5. The Morgan fingerprint density at radius 3 is 2.41 bits per heavy atom. The van der Waals surface area contributed by atoms with E-state index in [4.69, 9.17) is 0 Å². The van der Waals surface area contributed by atoms with E-state index in [2.05, 4.69) is 48.1 Å². The first-order valence-electron chi connectivity index (χ1n) is 6.45. The van der Waals surface area contributed by atoms with Gasteiger partial charge in [0.1, 0.15) is 0 Å². The standard InChI is InChI=1S/C14H25N3/c1-5-17(11-14(15-4)12(2)3)10-13-6-8-16-9-7-13/h6-9,12,14-15H,5,10-11H2,1-4H3. The van der Waals surface area contributed by atoms with Crippen LogP contribution in [0.4, 0.5) is 0 Å². The summed E-state index contributed by atoms with van der Waals surface area (Å²) in [6, 6.07) is 4.73. The van der Waals surface area contributed by atoms with Crippen LogP contribution in [0.3, 0.4) is 0 Å². The van der Waals surface area contributed by atoms with Crippen LogP contribution in [0.5, 0.6) is 0 Å². The summed E-state index contributed by atoms with van der Waals surface area (Å²) in [5, 5.41) is 3.40. The summed E-state index contributed by atoms with van der Waals surface area (Å²) < 4.78 is 0. The van der Waals surface area contributed by atoms with Crippen molar-refractivity contribution in [3.05, 3.63) is 30.1 Å². The highest BCUT2D eigenvalue weighted by Gasteiger charge is 2.14. The van der Waals surface area contributed by atoms with Crippen molar-refractivity contribution in [2.24, 2.45) is 5.92 Å². The van der Waals surface area contributed by atoms with E-state index in [9.17, 15) is 0 Å². The van der Waals surface area contributed by atoms with Gasteiger partial charge in [0.2, 0.25) is 0 Å². The summed E-state index contributed by atoms with van der Waals surface area (Å²) in [7, 11) is 2.05. The smallest absolute Gasteiger partial charge is 0.0271 e. The number of hydrogen-bond acceptors (Lipinski definition) is 3. The Labute approximate surface area is 105 Å². The maximum Gasteiger partial charge on any atom is 0.0271 e. The number of likely N-dealkylation sites (N-methyl/N-ethyl adjacent to an activating group) is 2. The molecule has 0 bridgehead atoms. The van der Waals surface area contributed by atoms with Crippen molar-refractivity contribution in [3.63, 3.8) is 0 Å². The molecule has 0 spiro atoms. The average molecular weight is 235 g/mol. The lowest BCUT2D eigenvalue weighted by Gasteiger charge is -2.28. The van der Waals surface area contributed by atoms with E-state index >= 15 is 0 Å². The SMILES string of the molecule is CCN(Cc1ccncc1)CC(NC)C(C)C. The van der Waals surface area contributed by atoms with Crippen molar-refractivity contribution < 1.29 is 0 Å². The zero-order valence-corrected chi connectivity index (χ0v) is 11.5. The molecule has 0 radical (unpaired) electrons. The first-order chi connectivity index (χ1) is 8.17. The van der Waals surface area contributed by atoms with Crippen LogP contribution in [-0.2, 0) is 6.54 Å². The van der Waals surface area contributed by atoms with Gasteiger partial charge in [-0.25, -0.2) is 0 Å². The molecular weight excluding hydrogens is 210 g/mol. The number of aromatic nitrogens is 1. The van der Waals surface area contributed by atoms with E-state index in [0.29, 0.717) is 12.0 Å². The first-order valence-corrected chi connectivity index (χ1v) is 6.45. The molecule has 0 aliphatic carbocycles. The van der Waals surface area contributed by atoms with Crippen LogP contribution in [0.2, 0.25) is 0 Å². The summed E-state index contributed by atoms with van der Waals surface area (Å²) in [6.45, 7) is 9.92. The zero-order chi connectivity index (χ0) is 12.7. The van der Waals surface area contributed by atoms with Crippen molar-refractivity contribution >= 4 is 0 Å². The van der Waals surface area contributed by atoms with E-state index in [-0.39, 0.29) is 0 Å². The molecule has 1 atom stereocenters. The maximum absolute atomic E-state index is 4.05. The second-order valence-electron chi connectivity index (χ2n) is 4.82. The molecule has 1 aromatic rings. The van der Waals surface area contributed by atoms with Gasteiger partial charge in [-0.05, 0) is 37.2 Å². The van der Waals surface area contributed by atoms with Crippen molar-refractivity contribution in [1.29, 1.82) is 0 Å². The van der Waals surface area contributed by atoms with Gasteiger partial charge < -0.3 is 5.32 Å². The largest absolute Gasteiger partial charge is 0.315 e. The summed E-state index contributed by atoms with van der Waals surface area (Å²) in [6.07, 6.45) is 3.72. The molecule has 17 heavy (non-hydrogen) atoms. The molecule has 0 amide bonds. The molecule has 0 saturated carbocycles. The molecular formula is C14H25N3. The molecule has 0 fully saturated rings. The molecule has 96 valence electrons. The number of pyridine rings is 1. The molecule has 0 saturated heterocycles. The van der Waals surface area contributed by atoms with E-state index < -0.39 is 0 Å². The van der Waals surface area contributed by atoms with Gasteiger partial charge in [0, 0.05) is 31.5 Å². The molecule has 0 aromatic carbocycles. The fourth-order valence-electron chi connectivity index (χ4n) is 1.97. The second kappa shape index (κ2) is 7.41. The first kappa shape index (κ1) is 14.1.